The number of nitrogens with zero attached hydrogens (tertiary/aromatic N) is 4. The van der Waals surface area contributed by atoms with Crippen LogP contribution in [-0.2, 0) is 11.3 Å². The molecule has 1 amide bonds. The minimum absolute atomic E-state index is 0.0524. The van der Waals surface area contributed by atoms with Gasteiger partial charge in [0.15, 0.2) is 5.69 Å². The van der Waals surface area contributed by atoms with Crippen molar-refractivity contribution in [2.24, 2.45) is 0 Å². The van der Waals surface area contributed by atoms with Crippen molar-refractivity contribution in [3.8, 4) is 5.88 Å². The Balaban J connectivity index is 2.37. The van der Waals surface area contributed by atoms with Gasteiger partial charge >= 0.3 is 17.5 Å². The maximum Gasteiger partial charge on any atom is 0.362 e. The second-order valence-corrected chi connectivity index (χ2v) is 4.41. The maximum absolute atomic E-state index is 12.3. The van der Waals surface area contributed by atoms with Gasteiger partial charge in [0.05, 0.1) is 24.8 Å². The Morgan fingerprint density at radius 2 is 2.17 bits per heavy atom. The summed E-state index contributed by atoms with van der Waals surface area (Å²) in [6, 6.07) is 0. The smallest absolute Gasteiger partial charge is 0.362 e. The lowest BCUT2D eigenvalue weighted by Crippen LogP contribution is -2.16. The standard InChI is InChI=1S/C12H14N6O6/c1-4-17-5-6(7(16-17)12(20)24-3)13-10(19)8-9(18(21)22)11(23-2)15-14-8/h5H,4H2,1-3H3,(H,13,19)(H,14,15). The highest BCUT2D eigenvalue weighted by molar-refractivity contribution is 6.08. The van der Waals surface area contributed by atoms with Gasteiger partial charge in [0.1, 0.15) is 0 Å². The first kappa shape index (κ1) is 16.9. The predicted molar refractivity (Wildman–Crippen MR) is 79.0 cm³/mol. The average molecular weight is 338 g/mol. The molecule has 0 atom stereocenters. The van der Waals surface area contributed by atoms with E-state index in [2.05, 4.69) is 25.3 Å². The number of H-pyrrole nitrogens is 1. The van der Waals surface area contributed by atoms with Gasteiger partial charge in [0, 0.05) is 12.7 Å². The molecule has 2 heterocycles. The van der Waals surface area contributed by atoms with Gasteiger partial charge < -0.3 is 14.8 Å². The van der Waals surface area contributed by atoms with Gasteiger partial charge in [-0.3, -0.25) is 24.7 Å². The fourth-order valence-electron chi connectivity index (χ4n) is 1.90. The maximum atomic E-state index is 12.3. The lowest BCUT2D eigenvalue weighted by molar-refractivity contribution is -0.386. The molecule has 0 radical (unpaired) electrons. The molecule has 0 spiro atoms. The molecule has 12 heteroatoms. The SMILES string of the molecule is CCn1cc(NC(=O)c2[nH]nc(OC)c2[N+](=O)[O-])c(C(=O)OC)n1. The van der Waals surface area contributed by atoms with Crippen LogP contribution in [0.25, 0.3) is 0 Å². The Hall–Kier alpha value is -3.44. The van der Waals surface area contributed by atoms with Crippen LogP contribution in [0.4, 0.5) is 11.4 Å². The molecule has 0 unspecified atom stereocenters. The van der Waals surface area contributed by atoms with Gasteiger partial charge in [-0.25, -0.2) is 4.79 Å². The number of ether oxygens (including phenoxy) is 2. The summed E-state index contributed by atoms with van der Waals surface area (Å²) in [6.45, 7) is 2.22. The van der Waals surface area contributed by atoms with Crippen molar-refractivity contribution in [3.05, 3.63) is 27.7 Å². The summed E-state index contributed by atoms with van der Waals surface area (Å²) in [5, 5.41) is 23.2. The molecule has 2 N–H and O–H groups in total. The van der Waals surface area contributed by atoms with Gasteiger partial charge in [0.2, 0.25) is 5.69 Å². The number of esters is 1. The molecular formula is C12H14N6O6. The van der Waals surface area contributed by atoms with Crippen LogP contribution < -0.4 is 10.1 Å². The van der Waals surface area contributed by atoms with Crippen LogP contribution in [0.2, 0.25) is 0 Å². The Kier molecular flexibility index (Phi) is 4.77. The van der Waals surface area contributed by atoms with Crippen LogP contribution in [0.15, 0.2) is 6.20 Å². The predicted octanol–water partition coefficient (Wildman–Crippen LogP) is 0.582. The highest BCUT2D eigenvalue weighted by Crippen LogP contribution is 2.28. The number of carbonyl (C=O) groups is 2. The van der Waals surface area contributed by atoms with Crippen LogP contribution in [-0.4, -0.2) is 51.0 Å². The highest BCUT2D eigenvalue weighted by atomic mass is 16.6. The molecule has 2 rings (SSSR count). The van der Waals surface area contributed by atoms with Gasteiger partial charge in [-0.15, -0.1) is 5.10 Å². The van der Waals surface area contributed by atoms with E-state index in [4.69, 9.17) is 4.74 Å². The molecule has 0 fully saturated rings. The number of hydrogen-bond donors (Lipinski definition) is 2. The summed E-state index contributed by atoms with van der Waals surface area (Å²) in [5.74, 6) is -1.96. The number of amides is 1. The topological polar surface area (TPSA) is 154 Å². The third kappa shape index (κ3) is 3.02. The molecule has 128 valence electrons. The van der Waals surface area contributed by atoms with Crippen molar-refractivity contribution >= 4 is 23.3 Å². The molecule has 2 aromatic rings. The van der Waals surface area contributed by atoms with E-state index < -0.39 is 28.2 Å². The van der Waals surface area contributed by atoms with Gasteiger partial charge in [-0.2, -0.15) is 5.10 Å². The molecule has 0 aromatic carbocycles. The van der Waals surface area contributed by atoms with E-state index in [0.717, 1.165) is 0 Å². The van der Waals surface area contributed by atoms with E-state index in [0.29, 0.717) is 6.54 Å². The van der Waals surface area contributed by atoms with E-state index in [1.165, 1.54) is 25.1 Å². The quantitative estimate of drug-likeness (QED) is 0.440. The van der Waals surface area contributed by atoms with E-state index >= 15 is 0 Å². The van der Waals surface area contributed by atoms with Crippen molar-refractivity contribution in [2.75, 3.05) is 19.5 Å². The number of aryl methyl sites for hydroxylation is 1. The van der Waals surface area contributed by atoms with Gasteiger partial charge in [0.25, 0.3) is 5.91 Å². The van der Waals surface area contributed by atoms with Crippen molar-refractivity contribution in [3.63, 3.8) is 0 Å². The second-order valence-electron chi connectivity index (χ2n) is 4.41. The monoisotopic (exact) mass is 338 g/mol. The number of rotatable bonds is 6. The molecule has 0 aliphatic carbocycles. The molecule has 24 heavy (non-hydrogen) atoms. The Bertz CT molecular complexity index is 794. The third-order valence-electron chi connectivity index (χ3n) is 3.02. The Labute approximate surface area is 134 Å². The first-order valence-corrected chi connectivity index (χ1v) is 6.66. The zero-order valence-electron chi connectivity index (χ0n) is 13.0. The number of nitrogens with one attached hydrogen (secondary N) is 2. The van der Waals surface area contributed by atoms with Crippen molar-refractivity contribution in [1.29, 1.82) is 0 Å². The van der Waals surface area contributed by atoms with Crippen molar-refractivity contribution in [2.45, 2.75) is 13.5 Å². The molecule has 0 bridgehead atoms. The largest absolute Gasteiger partial charge is 0.475 e. The lowest BCUT2D eigenvalue weighted by Gasteiger charge is -2.02. The zero-order chi connectivity index (χ0) is 17.9. The number of hydrogen-bond acceptors (Lipinski definition) is 8. The van der Waals surface area contributed by atoms with Crippen LogP contribution >= 0.6 is 0 Å². The summed E-state index contributed by atoms with van der Waals surface area (Å²) < 4.78 is 10.7. The number of methoxy groups -OCH3 is 2. The molecule has 12 nitrogen and oxygen atoms in total. The first-order chi connectivity index (χ1) is 11.4. The molecule has 2 aromatic heterocycles. The fourth-order valence-corrected chi connectivity index (χ4v) is 1.90. The summed E-state index contributed by atoms with van der Waals surface area (Å²) in [6.07, 6.45) is 1.41. The molecule has 0 aliphatic heterocycles. The molecular weight excluding hydrogens is 324 g/mol. The van der Waals surface area contributed by atoms with E-state index in [1.54, 1.807) is 6.92 Å². The number of anilines is 1. The summed E-state index contributed by atoms with van der Waals surface area (Å²) in [7, 11) is 2.36. The van der Waals surface area contributed by atoms with E-state index in [-0.39, 0.29) is 17.3 Å². The highest BCUT2D eigenvalue weighted by Gasteiger charge is 2.31. The number of carbonyl (C=O) groups excluding carboxylic acids is 2. The fraction of sp³-hybridized carbons (Fsp3) is 0.333. The van der Waals surface area contributed by atoms with Crippen LogP contribution in [0.3, 0.4) is 0 Å². The minimum atomic E-state index is -0.877. The number of aromatic nitrogens is 4. The van der Waals surface area contributed by atoms with Crippen LogP contribution in [0.1, 0.15) is 27.9 Å². The second kappa shape index (κ2) is 6.76. The van der Waals surface area contributed by atoms with Gasteiger partial charge in [-0.05, 0) is 6.92 Å². The van der Waals surface area contributed by atoms with Crippen LogP contribution in [0.5, 0.6) is 5.88 Å². The summed E-state index contributed by atoms with van der Waals surface area (Å²) in [5.41, 5.74) is -1.10. The first-order valence-electron chi connectivity index (χ1n) is 6.66. The van der Waals surface area contributed by atoms with Crippen molar-refractivity contribution < 1.29 is 24.0 Å². The van der Waals surface area contributed by atoms with E-state index in [9.17, 15) is 19.7 Å². The third-order valence-corrected chi connectivity index (χ3v) is 3.02. The summed E-state index contributed by atoms with van der Waals surface area (Å²) in [4.78, 5) is 34.3. The van der Waals surface area contributed by atoms with Crippen LogP contribution in [0, 0.1) is 10.1 Å². The lowest BCUT2D eigenvalue weighted by atomic mass is 10.3. The minimum Gasteiger partial charge on any atom is -0.475 e. The van der Waals surface area contributed by atoms with Gasteiger partial charge in [-0.1, -0.05) is 0 Å². The molecule has 0 aliphatic rings. The number of nitro groups is 1. The molecule has 0 saturated heterocycles. The Morgan fingerprint density at radius 3 is 2.71 bits per heavy atom. The normalized spacial score (nSPS) is 10.3. The molecule has 0 saturated carbocycles. The number of aromatic amines is 1. The Morgan fingerprint density at radius 1 is 1.46 bits per heavy atom. The average Bonchev–Trinajstić information content (AvgIpc) is 3.17. The zero-order valence-corrected chi connectivity index (χ0v) is 13.0. The van der Waals surface area contributed by atoms with Crippen molar-refractivity contribution in [1.82, 2.24) is 20.0 Å². The van der Waals surface area contributed by atoms with E-state index in [1.807, 2.05) is 0 Å². The summed E-state index contributed by atoms with van der Waals surface area (Å²) >= 11 is 0.